The van der Waals surface area contributed by atoms with Crippen LogP contribution in [0, 0.1) is 0 Å². The Bertz CT molecular complexity index is 488. The summed E-state index contributed by atoms with van der Waals surface area (Å²) < 4.78 is 11.1. The van der Waals surface area contributed by atoms with Crippen LogP contribution in [-0.2, 0) is 11.2 Å². The van der Waals surface area contributed by atoms with Gasteiger partial charge >= 0.3 is 0 Å². The highest BCUT2D eigenvalue weighted by Crippen LogP contribution is 2.24. The number of hydrogen-bond acceptors (Lipinski definition) is 3. The van der Waals surface area contributed by atoms with Gasteiger partial charge in [-0.3, -0.25) is 4.99 Å². The van der Waals surface area contributed by atoms with Crippen LogP contribution in [0.5, 0.6) is 0 Å². The molecule has 0 bridgehead atoms. The largest absolute Gasteiger partial charge is 0.469 e. The van der Waals surface area contributed by atoms with E-state index in [1.807, 2.05) is 19.1 Å². The molecule has 1 aliphatic heterocycles. The molecule has 2 heterocycles. The average molecular weight is 305 g/mol. The molecule has 0 radical (unpaired) electrons. The van der Waals surface area contributed by atoms with Crippen molar-refractivity contribution >= 4 is 5.96 Å². The Labute approximate surface area is 132 Å². The average Bonchev–Trinajstić information content (AvgIpc) is 3.13. The van der Waals surface area contributed by atoms with Crippen LogP contribution in [0.2, 0.25) is 0 Å². The predicted octanol–water partition coefficient (Wildman–Crippen LogP) is 2.50. The van der Waals surface area contributed by atoms with Crippen LogP contribution in [0.25, 0.3) is 0 Å². The van der Waals surface area contributed by atoms with E-state index >= 15 is 0 Å². The molecule has 0 aromatic carbocycles. The van der Waals surface area contributed by atoms with Gasteiger partial charge in [-0.2, -0.15) is 0 Å². The predicted molar refractivity (Wildman–Crippen MR) is 89.1 cm³/mol. The Morgan fingerprint density at radius 2 is 2.32 bits per heavy atom. The maximum atomic E-state index is 5.78. The number of aliphatic imine (C=N–C) groups is 1. The zero-order valence-corrected chi connectivity index (χ0v) is 13.7. The highest BCUT2D eigenvalue weighted by Gasteiger charge is 2.29. The van der Waals surface area contributed by atoms with Crippen LogP contribution >= 0.6 is 0 Å². The lowest BCUT2D eigenvalue weighted by Gasteiger charge is -2.21. The minimum Gasteiger partial charge on any atom is -0.469 e. The van der Waals surface area contributed by atoms with Crippen LogP contribution in [0.3, 0.4) is 0 Å². The quantitative estimate of drug-likeness (QED) is 0.462. The first kappa shape index (κ1) is 16.6. The van der Waals surface area contributed by atoms with Gasteiger partial charge in [-0.25, -0.2) is 0 Å². The lowest BCUT2D eigenvalue weighted by Crippen LogP contribution is -2.40. The van der Waals surface area contributed by atoms with Crippen molar-refractivity contribution in [2.75, 3.05) is 26.2 Å². The Morgan fingerprint density at radius 1 is 1.45 bits per heavy atom. The van der Waals surface area contributed by atoms with Gasteiger partial charge in [0.25, 0.3) is 0 Å². The Balaban J connectivity index is 1.85. The minimum absolute atomic E-state index is 0.126. The number of rotatable bonds is 7. The first-order valence-corrected chi connectivity index (χ1v) is 7.90. The number of ether oxygens (including phenoxy) is 1. The Kier molecular flexibility index (Phi) is 6.07. The van der Waals surface area contributed by atoms with E-state index in [1.54, 1.807) is 6.26 Å². The van der Waals surface area contributed by atoms with Crippen molar-refractivity contribution in [2.45, 2.75) is 38.7 Å². The van der Waals surface area contributed by atoms with E-state index in [0.29, 0.717) is 13.1 Å². The summed E-state index contributed by atoms with van der Waals surface area (Å²) in [4.78, 5) is 4.67. The molecule has 2 rings (SSSR count). The molecule has 1 saturated heterocycles. The molecule has 0 amide bonds. The van der Waals surface area contributed by atoms with Crippen LogP contribution < -0.4 is 10.6 Å². The fourth-order valence-corrected chi connectivity index (χ4v) is 2.38. The summed E-state index contributed by atoms with van der Waals surface area (Å²) in [6.07, 6.45) is 4.71. The fraction of sp³-hybridized carbons (Fsp3) is 0.588. The summed E-state index contributed by atoms with van der Waals surface area (Å²) in [5, 5.41) is 6.63. The second-order valence-electron chi connectivity index (χ2n) is 6.13. The van der Waals surface area contributed by atoms with Crippen molar-refractivity contribution in [3.63, 3.8) is 0 Å². The number of nitrogens with one attached hydrogen (secondary N) is 2. The van der Waals surface area contributed by atoms with Gasteiger partial charge < -0.3 is 19.8 Å². The van der Waals surface area contributed by atoms with E-state index in [4.69, 9.17) is 9.15 Å². The molecule has 122 valence electrons. The molecule has 1 aromatic rings. The first-order chi connectivity index (χ1) is 10.6. The van der Waals surface area contributed by atoms with E-state index in [2.05, 4.69) is 29.1 Å². The number of furan rings is 1. The molecule has 5 heteroatoms. The van der Waals surface area contributed by atoms with Gasteiger partial charge in [0, 0.05) is 26.1 Å². The van der Waals surface area contributed by atoms with Crippen molar-refractivity contribution in [3.8, 4) is 0 Å². The zero-order chi connectivity index (χ0) is 15.8. The normalized spacial score (nSPS) is 21.8. The third kappa shape index (κ3) is 5.56. The van der Waals surface area contributed by atoms with Crippen LogP contribution in [0.4, 0.5) is 0 Å². The standard InChI is InChI=1S/C17H27N3O2/c1-14(2)12-19-16(18-9-7-15-6-4-10-21-15)20-13-17(3)8-5-11-22-17/h4,6,10H,1,5,7-9,11-13H2,2-3H3,(H2,18,19,20). The van der Waals surface area contributed by atoms with Gasteiger partial charge in [-0.05, 0) is 38.8 Å². The summed E-state index contributed by atoms with van der Waals surface area (Å²) in [5.41, 5.74) is 0.947. The van der Waals surface area contributed by atoms with Crippen molar-refractivity contribution in [1.29, 1.82) is 0 Å². The van der Waals surface area contributed by atoms with E-state index in [1.165, 1.54) is 0 Å². The summed E-state index contributed by atoms with van der Waals surface area (Å²) in [6.45, 7) is 11.0. The lowest BCUT2D eigenvalue weighted by atomic mass is 10.0. The molecule has 0 aliphatic carbocycles. The van der Waals surface area contributed by atoms with Crippen molar-refractivity contribution < 1.29 is 9.15 Å². The van der Waals surface area contributed by atoms with Crippen molar-refractivity contribution in [2.24, 2.45) is 4.99 Å². The zero-order valence-electron chi connectivity index (χ0n) is 13.7. The third-order valence-corrected chi connectivity index (χ3v) is 3.67. The van der Waals surface area contributed by atoms with E-state index < -0.39 is 0 Å². The van der Waals surface area contributed by atoms with Gasteiger partial charge in [-0.15, -0.1) is 0 Å². The van der Waals surface area contributed by atoms with Crippen LogP contribution in [0.15, 0.2) is 40.0 Å². The SMILES string of the molecule is C=C(C)CNC(=NCC1(C)CCCO1)NCCc1ccco1. The fourth-order valence-electron chi connectivity index (χ4n) is 2.38. The molecule has 1 fully saturated rings. The first-order valence-electron chi connectivity index (χ1n) is 7.90. The van der Waals surface area contributed by atoms with Gasteiger partial charge in [0.15, 0.2) is 5.96 Å². The summed E-state index contributed by atoms with van der Waals surface area (Å²) in [5.74, 6) is 1.77. The Morgan fingerprint density at radius 3 is 2.95 bits per heavy atom. The number of hydrogen-bond donors (Lipinski definition) is 2. The monoisotopic (exact) mass is 305 g/mol. The van der Waals surface area contributed by atoms with Gasteiger partial charge in [0.1, 0.15) is 5.76 Å². The molecule has 1 aromatic heterocycles. The van der Waals surface area contributed by atoms with Crippen LogP contribution in [0.1, 0.15) is 32.4 Å². The number of nitrogens with zero attached hydrogens (tertiary/aromatic N) is 1. The molecular weight excluding hydrogens is 278 g/mol. The molecule has 22 heavy (non-hydrogen) atoms. The molecule has 2 N–H and O–H groups in total. The molecule has 5 nitrogen and oxygen atoms in total. The molecule has 1 atom stereocenters. The number of guanidine groups is 1. The molecular formula is C17H27N3O2. The van der Waals surface area contributed by atoms with E-state index in [-0.39, 0.29) is 5.60 Å². The highest BCUT2D eigenvalue weighted by atomic mass is 16.5. The molecule has 1 aliphatic rings. The van der Waals surface area contributed by atoms with E-state index in [9.17, 15) is 0 Å². The van der Waals surface area contributed by atoms with E-state index in [0.717, 1.165) is 49.7 Å². The highest BCUT2D eigenvalue weighted by molar-refractivity contribution is 5.80. The topological polar surface area (TPSA) is 58.8 Å². The van der Waals surface area contributed by atoms with Gasteiger partial charge in [0.2, 0.25) is 0 Å². The minimum atomic E-state index is -0.126. The van der Waals surface area contributed by atoms with Crippen LogP contribution in [-0.4, -0.2) is 37.8 Å². The third-order valence-electron chi connectivity index (χ3n) is 3.67. The molecule has 0 saturated carbocycles. The van der Waals surface area contributed by atoms with Gasteiger partial charge in [-0.1, -0.05) is 12.2 Å². The Hall–Kier alpha value is -1.75. The maximum Gasteiger partial charge on any atom is 0.191 e. The molecule has 1 unspecified atom stereocenters. The van der Waals surface area contributed by atoms with Crippen molar-refractivity contribution in [3.05, 3.63) is 36.3 Å². The summed E-state index contributed by atoms with van der Waals surface area (Å²) >= 11 is 0. The molecule has 0 spiro atoms. The second kappa shape index (κ2) is 8.03. The van der Waals surface area contributed by atoms with Crippen molar-refractivity contribution in [1.82, 2.24) is 10.6 Å². The summed E-state index contributed by atoms with van der Waals surface area (Å²) in [7, 11) is 0. The summed E-state index contributed by atoms with van der Waals surface area (Å²) in [6, 6.07) is 3.88. The lowest BCUT2D eigenvalue weighted by molar-refractivity contribution is 0.0283. The second-order valence-corrected chi connectivity index (χ2v) is 6.13. The maximum absolute atomic E-state index is 5.78. The smallest absolute Gasteiger partial charge is 0.191 e. The van der Waals surface area contributed by atoms with Gasteiger partial charge in [0.05, 0.1) is 18.4 Å².